The SMILES string of the molecule is CCN(CC)C(=O)CN(CCC(=O)O)C1CCCC1. The number of likely N-dealkylation sites (N-methyl/N-ethyl adjacent to an activating group) is 1. The molecule has 19 heavy (non-hydrogen) atoms. The average Bonchev–Trinajstić information content (AvgIpc) is 2.89. The van der Waals surface area contributed by atoms with Crippen LogP contribution < -0.4 is 0 Å². The number of carboxylic acids is 1. The van der Waals surface area contributed by atoms with Crippen molar-refractivity contribution >= 4 is 11.9 Å². The van der Waals surface area contributed by atoms with Gasteiger partial charge in [-0.05, 0) is 26.7 Å². The number of rotatable bonds is 8. The highest BCUT2D eigenvalue weighted by Gasteiger charge is 2.25. The van der Waals surface area contributed by atoms with Gasteiger partial charge >= 0.3 is 5.97 Å². The summed E-state index contributed by atoms with van der Waals surface area (Å²) in [7, 11) is 0. The molecule has 110 valence electrons. The van der Waals surface area contributed by atoms with Gasteiger partial charge in [-0.1, -0.05) is 12.8 Å². The average molecular weight is 270 g/mol. The highest BCUT2D eigenvalue weighted by atomic mass is 16.4. The zero-order valence-corrected chi connectivity index (χ0v) is 12.1. The third-order valence-electron chi connectivity index (χ3n) is 3.91. The fourth-order valence-corrected chi connectivity index (χ4v) is 2.75. The maximum absolute atomic E-state index is 12.2. The van der Waals surface area contributed by atoms with Gasteiger partial charge in [0.15, 0.2) is 0 Å². The molecule has 0 atom stereocenters. The van der Waals surface area contributed by atoms with Crippen LogP contribution in [-0.2, 0) is 9.59 Å². The summed E-state index contributed by atoms with van der Waals surface area (Å²) in [6.45, 7) is 6.21. The van der Waals surface area contributed by atoms with E-state index in [4.69, 9.17) is 5.11 Å². The largest absolute Gasteiger partial charge is 0.481 e. The smallest absolute Gasteiger partial charge is 0.304 e. The standard InChI is InChI=1S/C14H26N2O3/c1-3-15(4-2)13(17)11-16(10-9-14(18)19)12-7-5-6-8-12/h12H,3-11H2,1-2H3,(H,18,19). The lowest BCUT2D eigenvalue weighted by Gasteiger charge is -2.30. The van der Waals surface area contributed by atoms with Crippen molar-refractivity contribution in [3.05, 3.63) is 0 Å². The van der Waals surface area contributed by atoms with E-state index in [-0.39, 0.29) is 12.3 Å². The fourth-order valence-electron chi connectivity index (χ4n) is 2.75. The van der Waals surface area contributed by atoms with Gasteiger partial charge < -0.3 is 10.0 Å². The Morgan fingerprint density at radius 2 is 1.74 bits per heavy atom. The summed E-state index contributed by atoms with van der Waals surface area (Å²) in [5.41, 5.74) is 0. The summed E-state index contributed by atoms with van der Waals surface area (Å²) in [5.74, 6) is -0.680. The monoisotopic (exact) mass is 270 g/mol. The quantitative estimate of drug-likeness (QED) is 0.727. The summed E-state index contributed by atoms with van der Waals surface area (Å²) in [6, 6.07) is 0.388. The predicted molar refractivity (Wildman–Crippen MR) is 74.0 cm³/mol. The molecule has 1 aliphatic rings. The Kier molecular flexibility index (Phi) is 6.84. The Morgan fingerprint density at radius 1 is 1.16 bits per heavy atom. The zero-order chi connectivity index (χ0) is 14.3. The molecule has 0 spiro atoms. The minimum Gasteiger partial charge on any atom is -0.481 e. The minimum atomic E-state index is -0.793. The van der Waals surface area contributed by atoms with Crippen LogP contribution in [0.2, 0.25) is 0 Å². The Balaban J connectivity index is 2.56. The number of nitrogens with zero attached hydrogens (tertiary/aromatic N) is 2. The van der Waals surface area contributed by atoms with Crippen LogP contribution in [0.1, 0.15) is 46.0 Å². The number of carbonyl (C=O) groups is 2. The van der Waals surface area contributed by atoms with Crippen molar-refractivity contribution in [2.45, 2.75) is 52.0 Å². The second kappa shape index (κ2) is 8.15. The third kappa shape index (κ3) is 5.19. The maximum Gasteiger partial charge on any atom is 0.304 e. The van der Waals surface area contributed by atoms with Gasteiger partial charge in [-0.2, -0.15) is 0 Å². The lowest BCUT2D eigenvalue weighted by atomic mass is 10.2. The predicted octanol–water partition coefficient (Wildman–Crippen LogP) is 1.57. The summed E-state index contributed by atoms with van der Waals surface area (Å²) in [6.07, 6.45) is 4.67. The molecule has 0 heterocycles. The summed E-state index contributed by atoms with van der Waals surface area (Å²) >= 11 is 0. The van der Waals surface area contributed by atoms with Crippen LogP contribution in [-0.4, -0.2) is 59.0 Å². The molecule has 0 aromatic carbocycles. The number of hydrogen-bond acceptors (Lipinski definition) is 3. The Hall–Kier alpha value is -1.10. The van der Waals surface area contributed by atoms with Gasteiger partial charge in [0.2, 0.25) is 5.91 Å². The second-order valence-electron chi connectivity index (χ2n) is 5.12. The van der Waals surface area contributed by atoms with Crippen LogP contribution in [0.15, 0.2) is 0 Å². The Morgan fingerprint density at radius 3 is 2.21 bits per heavy atom. The number of carboxylic acid groups (broad SMARTS) is 1. The first kappa shape index (κ1) is 16.0. The molecule has 0 aromatic rings. The molecule has 1 fully saturated rings. The molecule has 1 aliphatic carbocycles. The Bertz CT molecular complexity index is 297. The zero-order valence-electron chi connectivity index (χ0n) is 12.1. The van der Waals surface area contributed by atoms with Gasteiger partial charge in [-0.15, -0.1) is 0 Å². The fraction of sp³-hybridized carbons (Fsp3) is 0.857. The minimum absolute atomic E-state index is 0.113. The van der Waals surface area contributed by atoms with Gasteiger partial charge in [0, 0.05) is 25.7 Å². The third-order valence-corrected chi connectivity index (χ3v) is 3.91. The lowest BCUT2D eigenvalue weighted by Crippen LogP contribution is -2.44. The molecule has 0 aliphatic heterocycles. The second-order valence-corrected chi connectivity index (χ2v) is 5.12. The molecule has 1 saturated carbocycles. The van der Waals surface area contributed by atoms with Crippen molar-refractivity contribution in [2.24, 2.45) is 0 Å². The first-order valence-corrected chi connectivity index (χ1v) is 7.32. The molecule has 0 radical (unpaired) electrons. The van der Waals surface area contributed by atoms with Crippen LogP contribution in [0.3, 0.4) is 0 Å². The van der Waals surface area contributed by atoms with E-state index in [1.807, 2.05) is 18.7 Å². The molecule has 1 amide bonds. The molecular weight excluding hydrogens is 244 g/mol. The van der Waals surface area contributed by atoms with E-state index >= 15 is 0 Å². The molecular formula is C14H26N2O3. The number of carbonyl (C=O) groups excluding carboxylic acids is 1. The van der Waals surface area contributed by atoms with E-state index in [0.717, 1.165) is 12.8 Å². The van der Waals surface area contributed by atoms with Crippen molar-refractivity contribution in [3.63, 3.8) is 0 Å². The molecule has 0 bridgehead atoms. The van der Waals surface area contributed by atoms with Gasteiger partial charge in [-0.25, -0.2) is 0 Å². The van der Waals surface area contributed by atoms with E-state index in [0.29, 0.717) is 32.2 Å². The highest BCUT2D eigenvalue weighted by molar-refractivity contribution is 5.78. The van der Waals surface area contributed by atoms with E-state index in [2.05, 4.69) is 4.90 Å². The molecule has 1 rings (SSSR count). The number of aliphatic carboxylic acids is 1. The topological polar surface area (TPSA) is 60.9 Å². The summed E-state index contributed by atoms with van der Waals surface area (Å²) in [4.78, 5) is 26.8. The van der Waals surface area contributed by atoms with E-state index in [1.54, 1.807) is 0 Å². The highest BCUT2D eigenvalue weighted by Crippen LogP contribution is 2.23. The van der Waals surface area contributed by atoms with E-state index in [9.17, 15) is 9.59 Å². The summed E-state index contributed by atoms with van der Waals surface area (Å²) in [5, 5.41) is 8.82. The normalized spacial score (nSPS) is 15.9. The van der Waals surface area contributed by atoms with Gasteiger partial charge in [0.05, 0.1) is 13.0 Å². The van der Waals surface area contributed by atoms with Gasteiger partial charge in [0.25, 0.3) is 0 Å². The van der Waals surface area contributed by atoms with Crippen molar-refractivity contribution in [1.82, 2.24) is 9.80 Å². The lowest BCUT2D eigenvalue weighted by molar-refractivity contribution is -0.139. The molecule has 1 N–H and O–H groups in total. The van der Waals surface area contributed by atoms with Crippen molar-refractivity contribution in [2.75, 3.05) is 26.2 Å². The molecule has 0 saturated heterocycles. The molecule has 0 aromatic heterocycles. The first-order valence-electron chi connectivity index (χ1n) is 7.32. The number of hydrogen-bond donors (Lipinski definition) is 1. The molecule has 5 heteroatoms. The van der Waals surface area contributed by atoms with Crippen molar-refractivity contribution in [3.8, 4) is 0 Å². The molecule has 5 nitrogen and oxygen atoms in total. The van der Waals surface area contributed by atoms with Crippen LogP contribution >= 0.6 is 0 Å². The van der Waals surface area contributed by atoms with E-state index in [1.165, 1.54) is 12.8 Å². The van der Waals surface area contributed by atoms with Crippen LogP contribution in [0.4, 0.5) is 0 Å². The van der Waals surface area contributed by atoms with Crippen LogP contribution in [0.25, 0.3) is 0 Å². The van der Waals surface area contributed by atoms with Gasteiger partial charge in [0.1, 0.15) is 0 Å². The maximum atomic E-state index is 12.2. The van der Waals surface area contributed by atoms with Crippen molar-refractivity contribution in [1.29, 1.82) is 0 Å². The summed E-state index contributed by atoms with van der Waals surface area (Å²) < 4.78 is 0. The van der Waals surface area contributed by atoms with Crippen LogP contribution in [0.5, 0.6) is 0 Å². The van der Waals surface area contributed by atoms with Gasteiger partial charge in [-0.3, -0.25) is 14.5 Å². The first-order chi connectivity index (χ1) is 9.08. The Labute approximate surface area is 115 Å². The van der Waals surface area contributed by atoms with Crippen LogP contribution in [0, 0.1) is 0 Å². The van der Waals surface area contributed by atoms with Crippen molar-refractivity contribution < 1.29 is 14.7 Å². The molecule has 0 unspecified atom stereocenters. The number of amides is 1. The van der Waals surface area contributed by atoms with E-state index < -0.39 is 5.97 Å².